The lowest BCUT2D eigenvalue weighted by molar-refractivity contribution is -0.271. The summed E-state index contributed by atoms with van der Waals surface area (Å²) in [7, 11) is 0. The molecule has 1 unspecified atom stereocenters. The standard InChI is InChI=1S/C13H17FO4/c1-8-12(11(15)10(14)13(16)18-8)17-7-9-5-3-2-4-6-9/h2-6,8,10-13,15-16H,7H2,1H3/t8-,10+,11-,12+,13?/m0/s1. The number of ether oxygens (including phenoxy) is 2. The van der Waals surface area contributed by atoms with Crippen LogP contribution in [0.3, 0.4) is 0 Å². The number of alkyl halides is 1. The number of hydrogen-bond acceptors (Lipinski definition) is 4. The Morgan fingerprint density at radius 2 is 1.94 bits per heavy atom. The fourth-order valence-corrected chi connectivity index (χ4v) is 2.00. The fraction of sp³-hybridized carbons (Fsp3) is 0.538. The highest BCUT2D eigenvalue weighted by atomic mass is 19.1. The third kappa shape index (κ3) is 2.87. The number of halogens is 1. The molecule has 18 heavy (non-hydrogen) atoms. The second-order valence-corrected chi connectivity index (χ2v) is 4.43. The zero-order valence-electron chi connectivity index (χ0n) is 10.1. The molecule has 4 nitrogen and oxygen atoms in total. The molecule has 5 heteroatoms. The second kappa shape index (κ2) is 5.75. The lowest BCUT2D eigenvalue weighted by Gasteiger charge is -2.38. The Hall–Kier alpha value is -1.01. The van der Waals surface area contributed by atoms with Gasteiger partial charge in [0.2, 0.25) is 0 Å². The van der Waals surface area contributed by atoms with Gasteiger partial charge < -0.3 is 19.7 Å². The van der Waals surface area contributed by atoms with E-state index in [1.807, 2.05) is 30.3 Å². The SMILES string of the molecule is C[C@@H]1OC(O)[C@H](F)[C@H](O)[C@@H]1OCc1ccccc1. The Labute approximate surface area is 105 Å². The van der Waals surface area contributed by atoms with Gasteiger partial charge in [0.15, 0.2) is 12.5 Å². The van der Waals surface area contributed by atoms with E-state index < -0.39 is 30.8 Å². The van der Waals surface area contributed by atoms with Crippen molar-refractivity contribution < 1.29 is 24.1 Å². The van der Waals surface area contributed by atoms with Crippen molar-refractivity contribution >= 4 is 0 Å². The summed E-state index contributed by atoms with van der Waals surface area (Å²) in [6.45, 7) is 1.90. The molecule has 1 aromatic carbocycles. The van der Waals surface area contributed by atoms with Crippen molar-refractivity contribution in [2.24, 2.45) is 0 Å². The largest absolute Gasteiger partial charge is 0.387 e. The predicted octanol–water partition coefficient (Wildman–Crippen LogP) is 1.01. The first-order valence-electron chi connectivity index (χ1n) is 5.91. The van der Waals surface area contributed by atoms with Crippen LogP contribution >= 0.6 is 0 Å². The molecule has 0 bridgehead atoms. The van der Waals surface area contributed by atoms with Crippen LogP contribution in [0.4, 0.5) is 4.39 Å². The van der Waals surface area contributed by atoms with Gasteiger partial charge in [-0.2, -0.15) is 0 Å². The first kappa shape index (κ1) is 13.4. The van der Waals surface area contributed by atoms with E-state index in [2.05, 4.69) is 0 Å². The van der Waals surface area contributed by atoms with Gasteiger partial charge in [-0.3, -0.25) is 0 Å². The Kier molecular flexibility index (Phi) is 4.29. The first-order valence-corrected chi connectivity index (χ1v) is 5.91. The van der Waals surface area contributed by atoms with Gasteiger partial charge in [0.1, 0.15) is 12.2 Å². The minimum atomic E-state index is -1.85. The maximum atomic E-state index is 13.4. The van der Waals surface area contributed by atoms with E-state index >= 15 is 0 Å². The summed E-state index contributed by atoms with van der Waals surface area (Å²) < 4.78 is 23.9. The molecule has 5 atom stereocenters. The van der Waals surface area contributed by atoms with Crippen molar-refractivity contribution in [3.8, 4) is 0 Å². The molecule has 0 aromatic heterocycles. The third-order valence-corrected chi connectivity index (χ3v) is 3.04. The van der Waals surface area contributed by atoms with Crippen LogP contribution in [0.2, 0.25) is 0 Å². The van der Waals surface area contributed by atoms with Crippen LogP contribution in [0.1, 0.15) is 12.5 Å². The molecule has 100 valence electrons. The molecule has 0 aliphatic carbocycles. The summed E-state index contributed by atoms with van der Waals surface area (Å²) >= 11 is 0. The van der Waals surface area contributed by atoms with E-state index in [0.717, 1.165) is 5.56 Å². The molecule has 1 aliphatic rings. The molecule has 1 aliphatic heterocycles. The molecule has 1 saturated heterocycles. The van der Waals surface area contributed by atoms with Gasteiger partial charge >= 0.3 is 0 Å². The van der Waals surface area contributed by atoms with Crippen LogP contribution in [0.25, 0.3) is 0 Å². The van der Waals surface area contributed by atoms with Crippen LogP contribution in [0.5, 0.6) is 0 Å². The van der Waals surface area contributed by atoms with Gasteiger partial charge in [0, 0.05) is 0 Å². The normalized spacial score (nSPS) is 36.6. The van der Waals surface area contributed by atoms with Crippen molar-refractivity contribution in [3.05, 3.63) is 35.9 Å². The third-order valence-electron chi connectivity index (χ3n) is 3.04. The van der Waals surface area contributed by atoms with Crippen LogP contribution in [-0.2, 0) is 16.1 Å². The molecular formula is C13H17FO4. The van der Waals surface area contributed by atoms with Gasteiger partial charge in [0.05, 0.1) is 12.7 Å². The molecule has 0 amide bonds. The number of rotatable bonds is 3. The number of aliphatic hydroxyl groups excluding tert-OH is 2. The molecule has 0 spiro atoms. The molecule has 1 heterocycles. The summed E-state index contributed by atoms with van der Waals surface area (Å²) in [4.78, 5) is 0. The quantitative estimate of drug-likeness (QED) is 0.847. The van der Waals surface area contributed by atoms with E-state index in [4.69, 9.17) is 9.47 Å². The van der Waals surface area contributed by atoms with Gasteiger partial charge in [-0.1, -0.05) is 30.3 Å². The van der Waals surface area contributed by atoms with Gasteiger partial charge in [0.25, 0.3) is 0 Å². The van der Waals surface area contributed by atoms with E-state index in [9.17, 15) is 14.6 Å². The zero-order valence-corrected chi connectivity index (χ0v) is 10.1. The van der Waals surface area contributed by atoms with Crippen LogP contribution in [0.15, 0.2) is 30.3 Å². The zero-order chi connectivity index (χ0) is 13.1. The van der Waals surface area contributed by atoms with Crippen molar-refractivity contribution in [1.29, 1.82) is 0 Å². The van der Waals surface area contributed by atoms with Gasteiger partial charge in [-0.25, -0.2) is 4.39 Å². The molecule has 1 aromatic rings. The summed E-state index contributed by atoms with van der Waals surface area (Å²) in [5, 5.41) is 18.9. The highest BCUT2D eigenvalue weighted by Gasteiger charge is 2.43. The monoisotopic (exact) mass is 256 g/mol. The highest BCUT2D eigenvalue weighted by molar-refractivity contribution is 5.13. The maximum Gasteiger partial charge on any atom is 0.189 e. The van der Waals surface area contributed by atoms with Crippen molar-refractivity contribution in [2.75, 3.05) is 0 Å². The minimum Gasteiger partial charge on any atom is -0.387 e. The number of hydrogen-bond donors (Lipinski definition) is 2. The Balaban J connectivity index is 1.96. The number of benzene rings is 1. The molecule has 2 N–H and O–H groups in total. The Bertz CT molecular complexity index is 373. The summed E-state index contributed by atoms with van der Waals surface area (Å²) in [6.07, 6.45) is -6.17. The van der Waals surface area contributed by atoms with E-state index in [0.29, 0.717) is 0 Å². The van der Waals surface area contributed by atoms with Crippen LogP contribution in [0, 0.1) is 0 Å². The summed E-state index contributed by atoms with van der Waals surface area (Å²) in [5.74, 6) is 0. The van der Waals surface area contributed by atoms with Crippen molar-refractivity contribution in [1.82, 2.24) is 0 Å². The van der Waals surface area contributed by atoms with Gasteiger partial charge in [-0.05, 0) is 12.5 Å². The lowest BCUT2D eigenvalue weighted by Crippen LogP contribution is -2.55. The van der Waals surface area contributed by atoms with Gasteiger partial charge in [-0.15, -0.1) is 0 Å². The summed E-state index contributed by atoms with van der Waals surface area (Å²) in [5.41, 5.74) is 0.929. The molecule has 1 fully saturated rings. The average Bonchev–Trinajstić information content (AvgIpc) is 2.37. The second-order valence-electron chi connectivity index (χ2n) is 4.43. The molecule has 0 saturated carbocycles. The average molecular weight is 256 g/mol. The number of aliphatic hydroxyl groups is 2. The van der Waals surface area contributed by atoms with Crippen molar-refractivity contribution in [2.45, 2.75) is 44.3 Å². The van der Waals surface area contributed by atoms with E-state index in [1.54, 1.807) is 6.92 Å². The summed E-state index contributed by atoms with van der Waals surface area (Å²) in [6, 6.07) is 9.39. The lowest BCUT2D eigenvalue weighted by atomic mass is 10.0. The maximum absolute atomic E-state index is 13.4. The minimum absolute atomic E-state index is 0.263. The molecule has 2 rings (SSSR count). The van der Waals surface area contributed by atoms with Crippen molar-refractivity contribution in [3.63, 3.8) is 0 Å². The fourth-order valence-electron chi connectivity index (χ4n) is 2.00. The van der Waals surface area contributed by atoms with E-state index in [1.165, 1.54) is 0 Å². The Morgan fingerprint density at radius 1 is 1.28 bits per heavy atom. The van der Waals surface area contributed by atoms with E-state index in [-0.39, 0.29) is 6.61 Å². The smallest absolute Gasteiger partial charge is 0.189 e. The molecule has 0 radical (unpaired) electrons. The molecular weight excluding hydrogens is 239 g/mol. The van der Waals surface area contributed by atoms with Crippen LogP contribution < -0.4 is 0 Å². The Morgan fingerprint density at radius 3 is 2.61 bits per heavy atom. The topological polar surface area (TPSA) is 58.9 Å². The van der Waals surface area contributed by atoms with Crippen LogP contribution in [-0.4, -0.2) is 41.0 Å². The first-order chi connectivity index (χ1) is 8.59. The highest BCUT2D eigenvalue weighted by Crippen LogP contribution is 2.25. The predicted molar refractivity (Wildman–Crippen MR) is 62.5 cm³/mol.